The molecular weight excluding hydrogens is 506 g/mol. The van der Waals surface area contributed by atoms with Gasteiger partial charge < -0.3 is 19.9 Å². The van der Waals surface area contributed by atoms with Crippen LogP contribution in [0.2, 0.25) is 0 Å². The maximum Gasteiger partial charge on any atom is 0.407 e. The number of nitrogens with one attached hydrogen (secondary N) is 1. The zero-order valence-corrected chi connectivity index (χ0v) is 21.6. The van der Waals surface area contributed by atoms with E-state index in [0.29, 0.717) is 0 Å². The summed E-state index contributed by atoms with van der Waals surface area (Å²) in [5, 5.41) is 11.8. The highest BCUT2D eigenvalue weighted by Crippen LogP contribution is 2.45. The lowest BCUT2D eigenvalue weighted by atomic mass is 9.98. The van der Waals surface area contributed by atoms with E-state index in [0.717, 1.165) is 44.5 Å². The van der Waals surface area contributed by atoms with Gasteiger partial charge in [-0.25, -0.2) is 9.59 Å². The number of aliphatic carboxylic acids is 1. The summed E-state index contributed by atoms with van der Waals surface area (Å²) in [7, 11) is 0. The number of carbonyl (C=O) groups excluding carboxylic acids is 2. The average Bonchev–Trinajstić information content (AvgIpc) is 3.47. The van der Waals surface area contributed by atoms with Gasteiger partial charge in [0.05, 0.1) is 6.42 Å². The highest BCUT2D eigenvalue weighted by Gasteiger charge is 2.33. The first-order valence-electron chi connectivity index (χ1n) is 13.2. The second kappa shape index (κ2) is 10.7. The van der Waals surface area contributed by atoms with Crippen molar-refractivity contribution in [2.45, 2.75) is 24.3 Å². The second-order valence-corrected chi connectivity index (χ2v) is 9.98. The normalized spacial score (nSPS) is 13.9. The summed E-state index contributed by atoms with van der Waals surface area (Å²) in [6, 6.07) is 30.4. The van der Waals surface area contributed by atoms with Crippen molar-refractivity contribution in [1.29, 1.82) is 0 Å². The standard InChI is InChI=1S/C33H27NO6/c35-31(36)17-30(32(37)39-18-28-24-13-5-1-9-20(24)21-10-2-6-14-25(21)28)34-33(38)40-19-29-26-15-7-3-11-22(26)23-12-4-8-16-27(23)29/h1-16,28-30H,17-19H2,(H,34,38)(H,35,36)/t30-/m0/s1. The van der Waals surface area contributed by atoms with Crippen molar-refractivity contribution in [3.8, 4) is 22.3 Å². The summed E-state index contributed by atoms with van der Waals surface area (Å²) in [6.07, 6.45) is -1.50. The predicted octanol–water partition coefficient (Wildman–Crippen LogP) is 5.72. The summed E-state index contributed by atoms with van der Waals surface area (Å²) in [5.41, 5.74) is 8.52. The Hall–Kier alpha value is -4.91. The smallest absolute Gasteiger partial charge is 0.407 e. The number of hydrogen-bond donors (Lipinski definition) is 2. The molecule has 2 aliphatic carbocycles. The zero-order chi connectivity index (χ0) is 27.6. The summed E-state index contributed by atoms with van der Waals surface area (Å²) < 4.78 is 11.1. The van der Waals surface area contributed by atoms with Crippen LogP contribution < -0.4 is 5.32 Å². The van der Waals surface area contributed by atoms with Crippen LogP contribution >= 0.6 is 0 Å². The molecule has 0 bridgehead atoms. The van der Waals surface area contributed by atoms with Gasteiger partial charge in [0.2, 0.25) is 0 Å². The molecule has 2 aliphatic rings. The summed E-state index contributed by atoms with van der Waals surface area (Å²) in [6.45, 7) is 0.0691. The van der Waals surface area contributed by atoms with Gasteiger partial charge in [0.1, 0.15) is 19.3 Å². The van der Waals surface area contributed by atoms with Crippen LogP contribution in [-0.2, 0) is 19.1 Å². The summed E-state index contributed by atoms with van der Waals surface area (Å²) in [4.78, 5) is 37.3. The van der Waals surface area contributed by atoms with E-state index in [-0.39, 0.29) is 25.0 Å². The summed E-state index contributed by atoms with van der Waals surface area (Å²) >= 11 is 0. The highest BCUT2D eigenvalue weighted by atomic mass is 16.6. The second-order valence-electron chi connectivity index (χ2n) is 9.98. The predicted molar refractivity (Wildman–Crippen MR) is 149 cm³/mol. The molecule has 0 aromatic heterocycles. The zero-order valence-electron chi connectivity index (χ0n) is 21.6. The molecule has 6 rings (SSSR count). The molecule has 4 aromatic carbocycles. The number of carbonyl (C=O) groups is 3. The lowest BCUT2D eigenvalue weighted by molar-refractivity contribution is -0.150. The van der Waals surface area contributed by atoms with Crippen LogP contribution in [0.4, 0.5) is 4.79 Å². The van der Waals surface area contributed by atoms with E-state index in [1.807, 2.05) is 97.1 Å². The van der Waals surface area contributed by atoms with Crippen molar-refractivity contribution in [2.24, 2.45) is 0 Å². The Labute approximate surface area is 231 Å². The molecule has 0 saturated carbocycles. The molecule has 0 unspecified atom stereocenters. The number of fused-ring (bicyclic) bond motifs is 6. The third-order valence-electron chi connectivity index (χ3n) is 7.65. The largest absolute Gasteiger partial charge is 0.481 e. The Morgan fingerprint density at radius 1 is 0.625 bits per heavy atom. The first-order valence-corrected chi connectivity index (χ1v) is 13.2. The van der Waals surface area contributed by atoms with E-state index >= 15 is 0 Å². The number of rotatable bonds is 8. The van der Waals surface area contributed by atoms with Crippen molar-refractivity contribution in [2.75, 3.05) is 13.2 Å². The van der Waals surface area contributed by atoms with E-state index in [1.54, 1.807) is 0 Å². The van der Waals surface area contributed by atoms with Crippen LogP contribution in [0.15, 0.2) is 97.1 Å². The van der Waals surface area contributed by atoms with E-state index < -0.39 is 30.5 Å². The Morgan fingerprint density at radius 3 is 1.40 bits per heavy atom. The maximum absolute atomic E-state index is 13.0. The van der Waals surface area contributed by atoms with Crippen molar-refractivity contribution in [1.82, 2.24) is 5.32 Å². The number of benzene rings is 4. The first kappa shape index (κ1) is 25.4. The van der Waals surface area contributed by atoms with Crippen molar-refractivity contribution in [3.05, 3.63) is 119 Å². The molecule has 2 N–H and O–H groups in total. The molecule has 0 radical (unpaired) electrons. The van der Waals surface area contributed by atoms with Gasteiger partial charge >= 0.3 is 18.0 Å². The quantitative estimate of drug-likeness (QED) is 0.281. The molecule has 7 nitrogen and oxygen atoms in total. The van der Waals surface area contributed by atoms with E-state index in [2.05, 4.69) is 5.32 Å². The fourth-order valence-electron chi connectivity index (χ4n) is 5.86. The minimum Gasteiger partial charge on any atom is -0.481 e. The molecule has 0 heterocycles. The average molecular weight is 534 g/mol. The van der Waals surface area contributed by atoms with Gasteiger partial charge in [-0.05, 0) is 44.5 Å². The molecular formula is C33H27NO6. The Kier molecular flexibility index (Phi) is 6.78. The van der Waals surface area contributed by atoms with Gasteiger partial charge in [-0.2, -0.15) is 0 Å². The number of alkyl carbamates (subject to hydrolysis) is 1. The molecule has 0 fully saturated rings. The minimum absolute atomic E-state index is 0.0232. The fourth-order valence-corrected chi connectivity index (χ4v) is 5.86. The Bertz CT molecular complexity index is 1520. The fraction of sp³-hybridized carbons (Fsp3) is 0.182. The molecule has 1 amide bonds. The molecule has 200 valence electrons. The van der Waals surface area contributed by atoms with Crippen LogP contribution in [0.1, 0.15) is 40.5 Å². The topological polar surface area (TPSA) is 102 Å². The molecule has 7 heteroatoms. The lowest BCUT2D eigenvalue weighted by Gasteiger charge is -2.20. The lowest BCUT2D eigenvalue weighted by Crippen LogP contribution is -2.44. The third kappa shape index (κ3) is 4.71. The number of hydrogen-bond acceptors (Lipinski definition) is 5. The Morgan fingerprint density at radius 2 is 1.00 bits per heavy atom. The van der Waals surface area contributed by atoms with Gasteiger partial charge in [0.25, 0.3) is 0 Å². The van der Waals surface area contributed by atoms with Crippen molar-refractivity contribution in [3.63, 3.8) is 0 Å². The highest BCUT2D eigenvalue weighted by molar-refractivity contribution is 5.86. The van der Waals surface area contributed by atoms with E-state index in [1.165, 1.54) is 0 Å². The first-order chi connectivity index (χ1) is 19.5. The molecule has 0 spiro atoms. The van der Waals surface area contributed by atoms with Crippen molar-refractivity contribution >= 4 is 18.0 Å². The van der Waals surface area contributed by atoms with Gasteiger partial charge in [0.15, 0.2) is 0 Å². The van der Waals surface area contributed by atoms with Gasteiger partial charge in [-0.3, -0.25) is 4.79 Å². The van der Waals surface area contributed by atoms with E-state index in [4.69, 9.17) is 9.47 Å². The van der Waals surface area contributed by atoms with Crippen LogP contribution in [0.5, 0.6) is 0 Å². The van der Waals surface area contributed by atoms with Crippen LogP contribution in [0.25, 0.3) is 22.3 Å². The number of ether oxygens (including phenoxy) is 2. The Balaban J connectivity index is 1.12. The molecule has 0 saturated heterocycles. The molecule has 0 aliphatic heterocycles. The molecule has 40 heavy (non-hydrogen) atoms. The monoisotopic (exact) mass is 533 g/mol. The maximum atomic E-state index is 13.0. The molecule has 1 atom stereocenters. The number of carboxylic acids is 1. The van der Waals surface area contributed by atoms with Gasteiger partial charge in [0, 0.05) is 11.8 Å². The van der Waals surface area contributed by atoms with Crippen LogP contribution in [-0.4, -0.2) is 42.4 Å². The van der Waals surface area contributed by atoms with Crippen LogP contribution in [0.3, 0.4) is 0 Å². The van der Waals surface area contributed by atoms with Crippen LogP contribution in [0, 0.1) is 0 Å². The van der Waals surface area contributed by atoms with Crippen molar-refractivity contribution < 1.29 is 29.0 Å². The number of carboxylic acid groups (broad SMARTS) is 1. The van der Waals surface area contributed by atoms with Gasteiger partial charge in [-0.15, -0.1) is 0 Å². The van der Waals surface area contributed by atoms with E-state index in [9.17, 15) is 19.5 Å². The minimum atomic E-state index is -1.39. The number of esters is 1. The molecule has 4 aromatic rings. The van der Waals surface area contributed by atoms with Gasteiger partial charge in [-0.1, -0.05) is 97.1 Å². The number of amides is 1. The summed E-state index contributed by atoms with van der Waals surface area (Å²) in [5.74, 6) is -2.41. The SMILES string of the molecule is O=C(O)C[C@H](NC(=O)OCC1c2ccccc2-c2ccccc21)C(=O)OCC1c2ccccc2-c2ccccc21. The third-order valence-corrected chi connectivity index (χ3v) is 7.65.